The summed E-state index contributed by atoms with van der Waals surface area (Å²) in [4.78, 5) is 0. The lowest BCUT2D eigenvalue weighted by atomic mass is 10.2. The highest BCUT2D eigenvalue weighted by Gasteiger charge is 2.44. The predicted octanol–water partition coefficient (Wildman–Crippen LogP) is 1.08. The molecule has 0 saturated carbocycles. The van der Waals surface area contributed by atoms with Crippen LogP contribution in [-0.4, -0.2) is 11.4 Å². The van der Waals surface area contributed by atoms with Gasteiger partial charge in [0.1, 0.15) is 0 Å². The smallest absolute Gasteiger partial charge is 0.399 e. The normalized spacial score (nSPS) is 17.1. The van der Waals surface area contributed by atoms with Crippen molar-refractivity contribution in [1.82, 2.24) is 0 Å². The third-order valence-corrected chi connectivity index (χ3v) is 1.77. The van der Waals surface area contributed by atoms with Gasteiger partial charge in [0.05, 0.1) is 6.61 Å². The molecule has 1 aromatic carbocycles. The minimum Gasteiger partial charge on any atom is -0.399 e. The van der Waals surface area contributed by atoms with Crippen LogP contribution in [0.1, 0.15) is 5.56 Å². The molecule has 0 amide bonds. The molecule has 4 nitrogen and oxygen atoms in total. The van der Waals surface area contributed by atoms with Gasteiger partial charge in [-0.2, -0.15) is 0 Å². The van der Waals surface area contributed by atoms with Crippen LogP contribution in [0.15, 0.2) is 12.1 Å². The lowest BCUT2D eigenvalue weighted by Gasteiger charge is -2.05. The van der Waals surface area contributed by atoms with E-state index in [-0.39, 0.29) is 22.7 Å². The minimum absolute atomic E-state index is 0.154. The molecule has 1 heterocycles. The minimum atomic E-state index is -3.68. The summed E-state index contributed by atoms with van der Waals surface area (Å²) in [6.45, 7) is -0.438. The number of nitrogens with two attached hydrogens (primary N) is 1. The van der Waals surface area contributed by atoms with Crippen LogP contribution in [0.3, 0.4) is 0 Å². The van der Waals surface area contributed by atoms with Gasteiger partial charge in [-0.15, -0.1) is 8.78 Å². The Balaban J connectivity index is 2.50. The van der Waals surface area contributed by atoms with E-state index >= 15 is 0 Å². The van der Waals surface area contributed by atoms with Crippen LogP contribution in [0.4, 0.5) is 14.5 Å². The summed E-state index contributed by atoms with van der Waals surface area (Å²) in [7, 11) is 0. The maximum atomic E-state index is 12.6. The summed E-state index contributed by atoms with van der Waals surface area (Å²) in [6.07, 6.45) is -3.68. The van der Waals surface area contributed by atoms with Gasteiger partial charge < -0.3 is 20.3 Å². The molecule has 1 aliphatic heterocycles. The number of aliphatic hydroxyl groups excluding tert-OH is 1. The van der Waals surface area contributed by atoms with Gasteiger partial charge >= 0.3 is 6.29 Å². The van der Waals surface area contributed by atoms with Crippen molar-refractivity contribution in [1.29, 1.82) is 0 Å². The topological polar surface area (TPSA) is 64.7 Å². The van der Waals surface area contributed by atoms with Crippen molar-refractivity contribution in [2.45, 2.75) is 12.9 Å². The van der Waals surface area contributed by atoms with E-state index in [2.05, 4.69) is 9.47 Å². The van der Waals surface area contributed by atoms with Gasteiger partial charge in [0.2, 0.25) is 0 Å². The first-order valence-corrected chi connectivity index (χ1v) is 3.81. The van der Waals surface area contributed by atoms with Crippen molar-refractivity contribution in [2.24, 2.45) is 0 Å². The zero-order valence-electron chi connectivity index (χ0n) is 6.96. The van der Waals surface area contributed by atoms with Crippen LogP contribution < -0.4 is 15.2 Å². The number of nitrogen functional groups attached to an aromatic ring is 1. The van der Waals surface area contributed by atoms with Gasteiger partial charge in [-0.1, -0.05) is 0 Å². The second-order valence-corrected chi connectivity index (χ2v) is 2.83. The summed E-state index contributed by atoms with van der Waals surface area (Å²) in [5.41, 5.74) is 5.81. The van der Waals surface area contributed by atoms with Crippen molar-refractivity contribution in [3.8, 4) is 11.5 Å². The average Bonchev–Trinajstić information content (AvgIpc) is 2.37. The molecule has 0 aromatic heterocycles. The second-order valence-electron chi connectivity index (χ2n) is 2.83. The van der Waals surface area contributed by atoms with Crippen LogP contribution in [0.5, 0.6) is 11.5 Å². The predicted molar refractivity (Wildman–Crippen MR) is 43.0 cm³/mol. The molecule has 6 heteroatoms. The van der Waals surface area contributed by atoms with E-state index in [9.17, 15) is 8.78 Å². The molecule has 0 fully saturated rings. The van der Waals surface area contributed by atoms with Gasteiger partial charge in [-0.3, -0.25) is 0 Å². The van der Waals surface area contributed by atoms with E-state index in [0.717, 1.165) is 0 Å². The number of ether oxygens (including phenoxy) is 2. The van der Waals surface area contributed by atoms with Gasteiger partial charge in [-0.05, 0) is 6.07 Å². The molecule has 0 atom stereocenters. The number of anilines is 1. The van der Waals surface area contributed by atoms with Crippen molar-refractivity contribution >= 4 is 5.69 Å². The summed E-state index contributed by atoms with van der Waals surface area (Å²) in [5, 5.41) is 8.86. The molecule has 14 heavy (non-hydrogen) atoms. The molecule has 0 radical (unpaired) electrons. The van der Waals surface area contributed by atoms with E-state index in [1.165, 1.54) is 12.1 Å². The van der Waals surface area contributed by atoms with Gasteiger partial charge in [0.15, 0.2) is 11.5 Å². The number of benzene rings is 1. The maximum absolute atomic E-state index is 12.6. The number of fused-ring (bicyclic) bond motifs is 1. The average molecular weight is 203 g/mol. The molecule has 0 spiro atoms. The Hall–Kier alpha value is -1.56. The molecule has 1 aromatic rings. The molecule has 2 rings (SSSR count). The van der Waals surface area contributed by atoms with E-state index in [0.29, 0.717) is 0 Å². The first-order valence-electron chi connectivity index (χ1n) is 3.81. The molecule has 1 aliphatic rings. The van der Waals surface area contributed by atoms with Crippen LogP contribution in [0, 0.1) is 0 Å². The third kappa shape index (κ3) is 1.33. The van der Waals surface area contributed by atoms with Crippen molar-refractivity contribution in [2.75, 3.05) is 5.73 Å². The Morgan fingerprint density at radius 2 is 2.07 bits per heavy atom. The Morgan fingerprint density at radius 3 is 2.71 bits per heavy atom. The molecule has 0 saturated heterocycles. The lowest BCUT2D eigenvalue weighted by molar-refractivity contribution is -0.287. The number of alkyl halides is 2. The van der Waals surface area contributed by atoms with E-state index in [1.807, 2.05) is 0 Å². The highest BCUT2D eigenvalue weighted by molar-refractivity contribution is 5.58. The number of aliphatic hydroxyl groups is 1. The molecule has 0 bridgehead atoms. The summed E-state index contributed by atoms with van der Waals surface area (Å²) < 4.78 is 33.6. The Labute approximate surface area is 77.8 Å². The maximum Gasteiger partial charge on any atom is 0.586 e. The van der Waals surface area contributed by atoms with Crippen LogP contribution in [0.25, 0.3) is 0 Å². The quantitative estimate of drug-likeness (QED) is 0.670. The Kier molecular flexibility index (Phi) is 1.75. The summed E-state index contributed by atoms with van der Waals surface area (Å²) in [5.74, 6) is -0.314. The second kappa shape index (κ2) is 2.71. The summed E-state index contributed by atoms with van der Waals surface area (Å²) in [6, 6.07) is 2.57. The Morgan fingerprint density at radius 1 is 1.36 bits per heavy atom. The number of halogens is 2. The fourth-order valence-corrected chi connectivity index (χ4v) is 1.26. The van der Waals surface area contributed by atoms with Gasteiger partial charge in [-0.25, -0.2) is 0 Å². The third-order valence-electron chi connectivity index (χ3n) is 1.77. The summed E-state index contributed by atoms with van der Waals surface area (Å²) >= 11 is 0. The first-order chi connectivity index (χ1) is 6.52. The molecular weight excluding hydrogens is 196 g/mol. The largest absolute Gasteiger partial charge is 0.586 e. The molecule has 0 aliphatic carbocycles. The van der Waals surface area contributed by atoms with Gasteiger partial charge in [0, 0.05) is 17.3 Å². The highest BCUT2D eigenvalue weighted by atomic mass is 19.3. The standard InChI is InChI=1S/C8H7F2NO3/c9-8(10)13-6-2-5(11)1-4(3-12)7(6)14-8/h1-2,12H,3,11H2. The van der Waals surface area contributed by atoms with Crippen LogP contribution in [-0.2, 0) is 6.61 Å². The monoisotopic (exact) mass is 203 g/mol. The molecule has 0 unspecified atom stereocenters. The van der Waals surface area contributed by atoms with Crippen molar-refractivity contribution in [3.05, 3.63) is 17.7 Å². The Bertz CT molecular complexity index is 381. The fraction of sp³-hybridized carbons (Fsp3) is 0.250. The van der Waals surface area contributed by atoms with Crippen molar-refractivity contribution in [3.63, 3.8) is 0 Å². The van der Waals surface area contributed by atoms with Crippen molar-refractivity contribution < 1.29 is 23.4 Å². The van der Waals surface area contributed by atoms with E-state index in [1.54, 1.807) is 0 Å². The molecule has 76 valence electrons. The van der Waals surface area contributed by atoms with Gasteiger partial charge in [0.25, 0.3) is 0 Å². The van der Waals surface area contributed by atoms with E-state index in [4.69, 9.17) is 10.8 Å². The number of hydrogen-bond donors (Lipinski definition) is 2. The van der Waals surface area contributed by atoms with E-state index < -0.39 is 12.9 Å². The first kappa shape index (κ1) is 9.01. The SMILES string of the molecule is Nc1cc(CO)c2c(c1)OC(F)(F)O2. The molecule has 3 N–H and O–H groups in total. The zero-order valence-corrected chi connectivity index (χ0v) is 6.96. The highest BCUT2D eigenvalue weighted by Crippen LogP contribution is 2.44. The lowest BCUT2D eigenvalue weighted by Crippen LogP contribution is -2.26. The fourth-order valence-electron chi connectivity index (χ4n) is 1.26. The molecular formula is C8H7F2NO3. The zero-order chi connectivity index (χ0) is 10.3. The number of hydrogen-bond acceptors (Lipinski definition) is 4. The van der Waals surface area contributed by atoms with Crippen LogP contribution >= 0.6 is 0 Å². The number of rotatable bonds is 1. The van der Waals surface area contributed by atoms with Crippen LogP contribution in [0.2, 0.25) is 0 Å².